The number of nitriles is 2. The number of nitrogens with one attached hydrogen (secondary N) is 1. The maximum absolute atomic E-state index is 8.84. The van der Waals surface area contributed by atoms with Gasteiger partial charge >= 0.3 is 0 Å². The van der Waals surface area contributed by atoms with Crippen LogP contribution in [0.15, 0.2) is 0 Å². The second-order valence-corrected chi connectivity index (χ2v) is 3.76. The van der Waals surface area contributed by atoms with Gasteiger partial charge in [0.05, 0.1) is 18.2 Å². The van der Waals surface area contributed by atoms with E-state index in [9.17, 15) is 0 Å². The lowest BCUT2D eigenvalue weighted by Crippen LogP contribution is -2.13. The lowest BCUT2D eigenvalue weighted by Gasteiger charge is -2.08. The normalized spacial score (nSPS) is 11.4. The van der Waals surface area contributed by atoms with Gasteiger partial charge < -0.3 is 5.32 Å². The van der Waals surface area contributed by atoms with Gasteiger partial charge in [-0.05, 0) is 25.4 Å². The molecule has 1 unspecified atom stereocenters. The average Bonchev–Trinajstić information content (AvgIpc) is 2.47. The van der Waals surface area contributed by atoms with E-state index in [0.717, 1.165) is 10.7 Å². The summed E-state index contributed by atoms with van der Waals surface area (Å²) in [5, 5.41) is 21.2. The summed E-state index contributed by atoms with van der Waals surface area (Å²) in [6.07, 6.45) is 0.418. The van der Waals surface area contributed by atoms with Crippen LogP contribution in [0.1, 0.15) is 24.6 Å². The molecule has 1 N–H and O–H groups in total. The lowest BCUT2D eigenvalue weighted by atomic mass is 10.2. The van der Waals surface area contributed by atoms with Gasteiger partial charge in [0, 0.05) is 6.04 Å². The van der Waals surface area contributed by atoms with Crippen molar-refractivity contribution in [2.24, 2.45) is 0 Å². The van der Waals surface area contributed by atoms with E-state index in [-0.39, 0.29) is 6.04 Å². The molecule has 5 heteroatoms. The van der Waals surface area contributed by atoms with Gasteiger partial charge in [-0.1, -0.05) is 0 Å². The second kappa shape index (κ2) is 4.59. The number of anilines is 1. The highest BCUT2D eigenvalue weighted by Gasteiger charge is 2.11. The first-order valence-corrected chi connectivity index (χ1v) is 4.96. The van der Waals surface area contributed by atoms with Crippen LogP contribution in [0.3, 0.4) is 0 Å². The molecule has 0 amide bonds. The van der Waals surface area contributed by atoms with Crippen LogP contribution in [-0.4, -0.2) is 10.4 Å². The fourth-order valence-corrected chi connectivity index (χ4v) is 1.87. The van der Waals surface area contributed by atoms with E-state index in [2.05, 4.69) is 21.8 Å². The maximum Gasteiger partial charge on any atom is 0.127 e. The molecule has 0 fully saturated rings. The van der Waals surface area contributed by atoms with Crippen molar-refractivity contribution in [1.82, 2.24) is 4.37 Å². The zero-order valence-electron chi connectivity index (χ0n) is 8.03. The molecule has 0 radical (unpaired) electrons. The zero-order chi connectivity index (χ0) is 10.6. The minimum atomic E-state index is 0.0481. The van der Waals surface area contributed by atoms with Crippen molar-refractivity contribution in [3.63, 3.8) is 0 Å². The van der Waals surface area contributed by atoms with Gasteiger partial charge in [0.25, 0.3) is 0 Å². The minimum absolute atomic E-state index is 0.0481. The Balaban J connectivity index is 2.78. The van der Waals surface area contributed by atoms with Crippen LogP contribution in [0.2, 0.25) is 0 Å². The molecule has 1 rings (SSSR count). The van der Waals surface area contributed by atoms with Gasteiger partial charge in [-0.15, -0.1) is 0 Å². The Bertz CT molecular complexity index is 396. The van der Waals surface area contributed by atoms with Gasteiger partial charge in [-0.3, -0.25) is 0 Å². The third-order valence-corrected chi connectivity index (χ3v) is 2.62. The SMILES string of the molecule is Cc1nsc(NC(C)CC#N)c1C#N. The monoisotopic (exact) mass is 206 g/mol. The van der Waals surface area contributed by atoms with Crippen LogP contribution in [0.5, 0.6) is 0 Å². The van der Waals surface area contributed by atoms with Gasteiger partial charge in [0.15, 0.2) is 0 Å². The largest absolute Gasteiger partial charge is 0.371 e. The number of hydrogen-bond acceptors (Lipinski definition) is 5. The van der Waals surface area contributed by atoms with Crippen molar-refractivity contribution in [2.45, 2.75) is 26.3 Å². The second-order valence-electron chi connectivity index (χ2n) is 2.99. The third-order valence-electron chi connectivity index (χ3n) is 1.75. The molecule has 1 aromatic rings. The van der Waals surface area contributed by atoms with Gasteiger partial charge in [-0.25, -0.2) is 0 Å². The summed E-state index contributed by atoms with van der Waals surface area (Å²) < 4.78 is 4.07. The van der Waals surface area contributed by atoms with Crippen LogP contribution < -0.4 is 5.32 Å². The molecule has 0 aliphatic heterocycles. The van der Waals surface area contributed by atoms with Crippen LogP contribution >= 0.6 is 11.5 Å². The molecule has 0 saturated heterocycles. The molecule has 1 atom stereocenters. The highest BCUT2D eigenvalue weighted by Crippen LogP contribution is 2.24. The Morgan fingerprint density at radius 2 is 2.29 bits per heavy atom. The summed E-state index contributed by atoms with van der Waals surface area (Å²) in [7, 11) is 0. The Labute approximate surface area is 87.0 Å². The van der Waals surface area contributed by atoms with Crippen molar-refractivity contribution in [3.8, 4) is 12.1 Å². The first-order valence-electron chi connectivity index (χ1n) is 4.19. The summed E-state index contributed by atoms with van der Waals surface area (Å²) in [6.45, 7) is 3.70. The quantitative estimate of drug-likeness (QED) is 0.821. The summed E-state index contributed by atoms with van der Waals surface area (Å²) in [4.78, 5) is 0. The number of rotatable bonds is 3. The van der Waals surface area contributed by atoms with Gasteiger partial charge in [0.1, 0.15) is 16.6 Å². The molecule has 0 aliphatic rings. The molecular weight excluding hydrogens is 196 g/mol. The molecule has 0 aromatic carbocycles. The van der Waals surface area contributed by atoms with Gasteiger partial charge in [0.2, 0.25) is 0 Å². The zero-order valence-corrected chi connectivity index (χ0v) is 8.85. The first-order chi connectivity index (χ1) is 6.69. The maximum atomic E-state index is 8.84. The van der Waals surface area contributed by atoms with E-state index >= 15 is 0 Å². The van der Waals surface area contributed by atoms with Crippen molar-refractivity contribution in [2.75, 3.05) is 5.32 Å². The first kappa shape index (κ1) is 10.5. The molecule has 1 heterocycles. The fraction of sp³-hybridized carbons (Fsp3) is 0.444. The van der Waals surface area contributed by atoms with Crippen molar-refractivity contribution < 1.29 is 0 Å². The molecule has 0 saturated carbocycles. The third kappa shape index (κ3) is 2.21. The topological polar surface area (TPSA) is 72.5 Å². The number of aromatic nitrogens is 1. The Hall–Kier alpha value is -1.59. The molecule has 0 aliphatic carbocycles. The number of hydrogen-bond donors (Lipinski definition) is 1. The van der Waals surface area contributed by atoms with Crippen LogP contribution in [0.4, 0.5) is 5.00 Å². The van der Waals surface area contributed by atoms with Crippen molar-refractivity contribution in [1.29, 1.82) is 10.5 Å². The number of aryl methyl sites for hydroxylation is 1. The van der Waals surface area contributed by atoms with E-state index in [1.54, 1.807) is 6.92 Å². The Kier molecular flexibility index (Phi) is 3.44. The number of nitrogens with zero attached hydrogens (tertiary/aromatic N) is 3. The van der Waals surface area contributed by atoms with E-state index < -0.39 is 0 Å². The van der Waals surface area contributed by atoms with Crippen LogP contribution in [0.25, 0.3) is 0 Å². The van der Waals surface area contributed by atoms with Crippen LogP contribution in [0, 0.1) is 29.6 Å². The molecule has 4 nitrogen and oxygen atoms in total. The molecule has 14 heavy (non-hydrogen) atoms. The molecule has 72 valence electrons. The van der Waals surface area contributed by atoms with E-state index in [4.69, 9.17) is 10.5 Å². The predicted molar refractivity (Wildman–Crippen MR) is 54.9 cm³/mol. The summed E-state index contributed by atoms with van der Waals surface area (Å²) >= 11 is 1.26. The van der Waals surface area contributed by atoms with Gasteiger partial charge in [-0.2, -0.15) is 14.9 Å². The summed E-state index contributed by atoms with van der Waals surface area (Å²) in [6, 6.07) is 4.21. The Morgan fingerprint density at radius 1 is 1.57 bits per heavy atom. The standard InChI is InChI=1S/C9H10N4S/c1-6(3-4-10)12-9-8(5-11)7(2)13-14-9/h6,12H,3H2,1-2H3. The average molecular weight is 206 g/mol. The summed E-state index contributed by atoms with van der Waals surface area (Å²) in [5.41, 5.74) is 1.32. The lowest BCUT2D eigenvalue weighted by molar-refractivity contribution is 0.824. The highest BCUT2D eigenvalue weighted by molar-refractivity contribution is 7.10. The molecule has 1 aromatic heterocycles. The molecular formula is C9H10N4S. The molecule has 0 spiro atoms. The van der Waals surface area contributed by atoms with E-state index in [1.165, 1.54) is 11.5 Å². The summed E-state index contributed by atoms with van der Waals surface area (Å²) in [5.74, 6) is 0. The Morgan fingerprint density at radius 3 is 2.86 bits per heavy atom. The predicted octanol–water partition coefficient (Wildman–Crippen LogP) is 2.04. The van der Waals surface area contributed by atoms with Crippen molar-refractivity contribution in [3.05, 3.63) is 11.3 Å². The molecule has 0 bridgehead atoms. The smallest absolute Gasteiger partial charge is 0.127 e. The van der Waals surface area contributed by atoms with E-state index in [0.29, 0.717) is 12.0 Å². The highest BCUT2D eigenvalue weighted by atomic mass is 32.1. The van der Waals surface area contributed by atoms with Crippen LogP contribution in [-0.2, 0) is 0 Å². The van der Waals surface area contributed by atoms with Crippen molar-refractivity contribution >= 4 is 16.5 Å². The van der Waals surface area contributed by atoms with E-state index in [1.807, 2.05) is 6.92 Å². The fourth-order valence-electron chi connectivity index (χ4n) is 1.01. The minimum Gasteiger partial charge on any atom is -0.371 e.